The summed E-state index contributed by atoms with van der Waals surface area (Å²) < 4.78 is 25.6. The number of halogens is 2. The Balaban J connectivity index is 2.68. The summed E-state index contributed by atoms with van der Waals surface area (Å²) in [6.45, 7) is 7.19. The fraction of sp³-hybridized carbons (Fsp3) is 0.250. The predicted octanol–water partition coefficient (Wildman–Crippen LogP) is 5.06. The summed E-state index contributed by atoms with van der Waals surface area (Å²) in [5.74, 6) is 0. The predicted molar refractivity (Wildman–Crippen MR) is 87.3 cm³/mol. The van der Waals surface area contributed by atoms with Crippen LogP contribution in [0, 0.1) is 27.7 Å². The van der Waals surface area contributed by atoms with Gasteiger partial charge in [-0.05, 0) is 74.2 Å². The van der Waals surface area contributed by atoms with Crippen LogP contribution in [0.4, 0.5) is 0 Å². The lowest BCUT2D eigenvalue weighted by atomic mass is 10.1. The number of hydrogen-bond acceptors (Lipinski definition) is 2. The van der Waals surface area contributed by atoms with E-state index in [1.807, 2.05) is 0 Å². The molecule has 0 N–H and O–H groups in total. The van der Waals surface area contributed by atoms with E-state index in [0.29, 0.717) is 10.0 Å². The molecule has 0 aliphatic heterocycles. The molecular formula is C16H16Cl2O2S. The van der Waals surface area contributed by atoms with Gasteiger partial charge in [0.25, 0.3) is 0 Å². The first-order valence-corrected chi connectivity index (χ1v) is 8.67. The van der Waals surface area contributed by atoms with E-state index < -0.39 is 9.84 Å². The quantitative estimate of drug-likeness (QED) is 0.764. The average Bonchev–Trinajstić information content (AvgIpc) is 2.40. The topological polar surface area (TPSA) is 34.1 Å². The highest BCUT2D eigenvalue weighted by Crippen LogP contribution is 2.31. The second kappa shape index (κ2) is 5.64. The number of rotatable bonds is 2. The molecule has 2 rings (SSSR count). The number of aryl methyl sites for hydroxylation is 4. The number of benzene rings is 2. The van der Waals surface area contributed by atoms with Crippen LogP contribution in [0.1, 0.15) is 22.3 Å². The third-order valence-electron chi connectivity index (χ3n) is 3.44. The van der Waals surface area contributed by atoms with Crippen molar-refractivity contribution >= 4 is 33.0 Å². The van der Waals surface area contributed by atoms with Crippen LogP contribution in [-0.4, -0.2) is 8.42 Å². The number of sulfone groups is 1. The molecule has 0 unspecified atom stereocenters. The maximum atomic E-state index is 12.8. The summed E-state index contributed by atoms with van der Waals surface area (Å²) in [4.78, 5) is 0.506. The summed E-state index contributed by atoms with van der Waals surface area (Å²) in [6, 6.07) is 6.40. The van der Waals surface area contributed by atoms with Crippen LogP contribution in [0.15, 0.2) is 34.1 Å². The van der Waals surface area contributed by atoms with Crippen LogP contribution in [0.5, 0.6) is 0 Å². The zero-order chi connectivity index (χ0) is 15.9. The lowest BCUT2D eigenvalue weighted by Gasteiger charge is -2.11. The SMILES string of the molecule is Cc1cc(S(=O)(=O)c2cc(C)c(Cl)c(C)c2)cc(C)c1Cl. The third kappa shape index (κ3) is 2.96. The van der Waals surface area contributed by atoms with E-state index in [0.717, 1.165) is 22.3 Å². The van der Waals surface area contributed by atoms with Gasteiger partial charge in [-0.1, -0.05) is 23.2 Å². The molecule has 0 aromatic heterocycles. The van der Waals surface area contributed by atoms with Crippen LogP contribution in [0.3, 0.4) is 0 Å². The minimum Gasteiger partial charge on any atom is -0.219 e. The third-order valence-corrected chi connectivity index (χ3v) is 6.35. The van der Waals surface area contributed by atoms with E-state index in [1.54, 1.807) is 52.0 Å². The lowest BCUT2D eigenvalue weighted by Crippen LogP contribution is -2.04. The first-order valence-electron chi connectivity index (χ1n) is 6.43. The molecule has 0 aliphatic carbocycles. The van der Waals surface area contributed by atoms with Gasteiger partial charge in [0.15, 0.2) is 0 Å². The summed E-state index contributed by atoms with van der Waals surface area (Å²) in [5.41, 5.74) is 2.99. The van der Waals surface area contributed by atoms with E-state index in [1.165, 1.54) is 0 Å². The Labute approximate surface area is 135 Å². The second-order valence-corrected chi connectivity index (χ2v) is 7.95. The van der Waals surface area contributed by atoms with Crippen LogP contribution in [0.25, 0.3) is 0 Å². The van der Waals surface area contributed by atoms with Gasteiger partial charge < -0.3 is 0 Å². The van der Waals surface area contributed by atoms with Crippen LogP contribution in [0.2, 0.25) is 10.0 Å². The first kappa shape index (κ1) is 16.3. The van der Waals surface area contributed by atoms with Crippen LogP contribution in [-0.2, 0) is 9.84 Å². The Hall–Kier alpha value is -1.03. The van der Waals surface area contributed by atoms with Gasteiger partial charge in [-0.2, -0.15) is 0 Å². The van der Waals surface area contributed by atoms with Gasteiger partial charge in [0.1, 0.15) is 0 Å². The number of hydrogen-bond donors (Lipinski definition) is 0. The van der Waals surface area contributed by atoms with Crippen LogP contribution < -0.4 is 0 Å². The van der Waals surface area contributed by atoms with Crippen molar-refractivity contribution < 1.29 is 8.42 Å². The van der Waals surface area contributed by atoms with Gasteiger partial charge in [-0.15, -0.1) is 0 Å². The maximum Gasteiger partial charge on any atom is 0.206 e. The lowest BCUT2D eigenvalue weighted by molar-refractivity contribution is 0.595. The Kier molecular flexibility index (Phi) is 4.39. The molecular weight excluding hydrogens is 327 g/mol. The molecule has 0 saturated carbocycles. The molecule has 0 amide bonds. The zero-order valence-electron chi connectivity index (χ0n) is 12.3. The fourth-order valence-electron chi connectivity index (χ4n) is 2.26. The van der Waals surface area contributed by atoms with Gasteiger partial charge in [0.05, 0.1) is 9.79 Å². The van der Waals surface area contributed by atoms with Gasteiger partial charge in [0, 0.05) is 10.0 Å². The van der Waals surface area contributed by atoms with E-state index in [2.05, 4.69) is 0 Å². The van der Waals surface area contributed by atoms with Crippen molar-refractivity contribution in [1.82, 2.24) is 0 Å². The standard InChI is InChI=1S/C16H16Cl2O2S/c1-9-5-13(6-10(2)15(9)17)21(19,20)14-7-11(3)16(18)12(4)8-14/h5-8H,1-4H3. The molecule has 2 nitrogen and oxygen atoms in total. The van der Waals surface area contributed by atoms with Gasteiger partial charge in [0.2, 0.25) is 9.84 Å². The van der Waals surface area contributed by atoms with Crippen molar-refractivity contribution in [1.29, 1.82) is 0 Å². The largest absolute Gasteiger partial charge is 0.219 e. The monoisotopic (exact) mass is 342 g/mol. The summed E-state index contributed by atoms with van der Waals surface area (Å²) in [5, 5.41) is 1.19. The maximum absolute atomic E-state index is 12.8. The van der Waals surface area contributed by atoms with Crippen molar-refractivity contribution in [3.8, 4) is 0 Å². The molecule has 0 aliphatic rings. The summed E-state index contributed by atoms with van der Waals surface area (Å²) in [7, 11) is -3.58. The van der Waals surface area contributed by atoms with E-state index in [4.69, 9.17) is 23.2 Å². The Morgan fingerprint density at radius 3 is 1.14 bits per heavy atom. The highest BCUT2D eigenvalue weighted by atomic mass is 35.5. The summed E-state index contributed by atoms with van der Waals surface area (Å²) in [6.07, 6.45) is 0. The molecule has 0 bridgehead atoms. The molecule has 0 heterocycles. The Morgan fingerprint density at radius 1 is 0.667 bits per heavy atom. The molecule has 0 radical (unpaired) electrons. The van der Waals surface area contributed by atoms with E-state index in [-0.39, 0.29) is 9.79 Å². The van der Waals surface area contributed by atoms with Gasteiger partial charge in [-0.3, -0.25) is 0 Å². The fourth-order valence-corrected chi connectivity index (χ4v) is 4.08. The van der Waals surface area contributed by atoms with Crippen molar-refractivity contribution in [3.05, 3.63) is 56.6 Å². The van der Waals surface area contributed by atoms with E-state index in [9.17, 15) is 8.42 Å². The minimum absolute atomic E-state index is 0.253. The highest BCUT2D eigenvalue weighted by molar-refractivity contribution is 7.91. The molecule has 0 saturated heterocycles. The van der Waals surface area contributed by atoms with Crippen LogP contribution >= 0.6 is 23.2 Å². The molecule has 112 valence electrons. The van der Waals surface area contributed by atoms with Crippen molar-refractivity contribution in [2.24, 2.45) is 0 Å². The smallest absolute Gasteiger partial charge is 0.206 e. The molecule has 2 aromatic carbocycles. The first-order chi connectivity index (χ1) is 9.64. The van der Waals surface area contributed by atoms with E-state index >= 15 is 0 Å². The normalized spacial score (nSPS) is 11.7. The minimum atomic E-state index is -3.58. The molecule has 0 atom stereocenters. The second-order valence-electron chi connectivity index (χ2n) is 5.25. The van der Waals surface area contributed by atoms with Crippen molar-refractivity contribution in [2.45, 2.75) is 37.5 Å². The molecule has 21 heavy (non-hydrogen) atoms. The summed E-state index contributed by atoms with van der Waals surface area (Å²) >= 11 is 12.2. The Morgan fingerprint density at radius 2 is 0.905 bits per heavy atom. The van der Waals surface area contributed by atoms with Gasteiger partial charge >= 0.3 is 0 Å². The molecule has 0 fully saturated rings. The molecule has 0 spiro atoms. The van der Waals surface area contributed by atoms with Crippen molar-refractivity contribution in [3.63, 3.8) is 0 Å². The highest BCUT2D eigenvalue weighted by Gasteiger charge is 2.21. The Bertz CT molecular complexity index is 715. The molecule has 2 aromatic rings. The zero-order valence-corrected chi connectivity index (χ0v) is 14.6. The van der Waals surface area contributed by atoms with Gasteiger partial charge in [-0.25, -0.2) is 8.42 Å². The van der Waals surface area contributed by atoms with Crippen molar-refractivity contribution in [2.75, 3.05) is 0 Å². The average molecular weight is 343 g/mol. The molecule has 5 heteroatoms.